The SMILES string of the molecule is CC(C)NCCc1nnc(CC(C)(C)C)o1. The van der Waals surface area contributed by atoms with Gasteiger partial charge in [0.1, 0.15) is 0 Å². The predicted molar refractivity (Wildman–Crippen MR) is 64.3 cm³/mol. The summed E-state index contributed by atoms with van der Waals surface area (Å²) in [5.74, 6) is 1.47. The molecule has 0 aromatic carbocycles. The van der Waals surface area contributed by atoms with E-state index in [-0.39, 0.29) is 5.41 Å². The molecule has 0 saturated carbocycles. The highest BCUT2D eigenvalue weighted by Gasteiger charge is 2.16. The molecule has 0 atom stereocenters. The highest BCUT2D eigenvalue weighted by atomic mass is 16.4. The van der Waals surface area contributed by atoms with E-state index in [0.717, 1.165) is 31.2 Å². The van der Waals surface area contributed by atoms with Crippen LogP contribution < -0.4 is 5.32 Å². The molecule has 0 unspecified atom stereocenters. The lowest BCUT2D eigenvalue weighted by atomic mass is 9.92. The van der Waals surface area contributed by atoms with Gasteiger partial charge >= 0.3 is 0 Å². The molecule has 0 saturated heterocycles. The van der Waals surface area contributed by atoms with Crippen LogP contribution in [-0.2, 0) is 12.8 Å². The van der Waals surface area contributed by atoms with Gasteiger partial charge in [0.25, 0.3) is 0 Å². The van der Waals surface area contributed by atoms with E-state index in [2.05, 4.69) is 50.1 Å². The molecule has 1 aromatic rings. The quantitative estimate of drug-likeness (QED) is 0.834. The van der Waals surface area contributed by atoms with Gasteiger partial charge in [0.05, 0.1) is 0 Å². The average Bonchev–Trinajstić information content (AvgIpc) is 2.48. The van der Waals surface area contributed by atoms with Crippen LogP contribution in [0.2, 0.25) is 0 Å². The molecule has 1 heterocycles. The zero-order valence-electron chi connectivity index (χ0n) is 11.0. The molecule has 1 rings (SSSR count). The molecule has 0 fully saturated rings. The van der Waals surface area contributed by atoms with Crippen molar-refractivity contribution in [3.8, 4) is 0 Å². The summed E-state index contributed by atoms with van der Waals surface area (Å²) < 4.78 is 5.58. The first kappa shape index (κ1) is 13.2. The number of aromatic nitrogens is 2. The van der Waals surface area contributed by atoms with Crippen LogP contribution in [0.25, 0.3) is 0 Å². The first-order valence-electron chi connectivity index (χ1n) is 5.91. The second-order valence-corrected chi connectivity index (χ2v) is 5.69. The fourth-order valence-corrected chi connectivity index (χ4v) is 1.38. The van der Waals surface area contributed by atoms with Gasteiger partial charge in [0.2, 0.25) is 11.8 Å². The van der Waals surface area contributed by atoms with Crippen molar-refractivity contribution < 1.29 is 4.42 Å². The van der Waals surface area contributed by atoms with E-state index < -0.39 is 0 Å². The molecule has 0 aliphatic carbocycles. The van der Waals surface area contributed by atoms with Gasteiger partial charge in [-0.15, -0.1) is 10.2 Å². The van der Waals surface area contributed by atoms with Crippen molar-refractivity contribution in [1.82, 2.24) is 15.5 Å². The number of rotatable bonds is 5. The topological polar surface area (TPSA) is 51.0 Å². The lowest BCUT2D eigenvalue weighted by Gasteiger charge is -2.14. The van der Waals surface area contributed by atoms with Crippen molar-refractivity contribution in [1.29, 1.82) is 0 Å². The highest BCUT2D eigenvalue weighted by Crippen LogP contribution is 2.19. The summed E-state index contributed by atoms with van der Waals surface area (Å²) in [6, 6.07) is 0.497. The minimum absolute atomic E-state index is 0.194. The van der Waals surface area contributed by atoms with Crippen molar-refractivity contribution in [2.24, 2.45) is 5.41 Å². The maximum absolute atomic E-state index is 5.58. The summed E-state index contributed by atoms with van der Waals surface area (Å²) in [7, 11) is 0. The van der Waals surface area contributed by atoms with Crippen LogP contribution in [0.5, 0.6) is 0 Å². The Morgan fingerprint density at radius 1 is 1.19 bits per heavy atom. The van der Waals surface area contributed by atoms with Crippen LogP contribution in [0.1, 0.15) is 46.4 Å². The molecule has 92 valence electrons. The summed E-state index contributed by atoms with van der Waals surface area (Å²) in [5, 5.41) is 11.4. The van der Waals surface area contributed by atoms with E-state index in [4.69, 9.17) is 4.42 Å². The Morgan fingerprint density at radius 3 is 2.38 bits per heavy atom. The summed E-state index contributed by atoms with van der Waals surface area (Å²) in [6.45, 7) is 11.6. The van der Waals surface area contributed by atoms with E-state index in [1.54, 1.807) is 0 Å². The molecule has 0 bridgehead atoms. The average molecular weight is 225 g/mol. The fraction of sp³-hybridized carbons (Fsp3) is 0.833. The summed E-state index contributed by atoms with van der Waals surface area (Å²) in [6.07, 6.45) is 1.63. The Balaban J connectivity index is 2.40. The van der Waals surface area contributed by atoms with Crippen LogP contribution in [0.3, 0.4) is 0 Å². The van der Waals surface area contributed by atoms with Gasteiger partial charge < -0.3 is 9.73 Å². The largest absolute Gasteiger partial charge is 0.425 e. The van der Waals surface area contributed by atoms with Gasteiger partial charge in [-0.05, 0) is 5.41 Å². The van der Waals surface area contributed by atoms with Crippen LogP contribution in [0.15, 0.2) is 4.42 Å². The van der Waals surface area contributed by atoms with Gasteiger partial charge in [0.15, 0.2) is 0 Å². The maximum atomic E-state index is 5.58. The Bertz CT molecular complexity index is 312. The van der Waals surface area contributed by atoms with Crippen LogP contribution in [0.4, 0.5) is 0 Å². The highest BCUT2D eigenvalue weighted by molar-refractivity contribution is 4.86. The number of nitrogens with one attached hydrogen (secondary N) is 1. The Hall–Kier alpha value is -0.900. The molecule has 0 spiro atoms. The first-order valence-corrected chi connectivity index (χ1v) is 5.91. The minimum Gasteiger partial charge on any atom is -0.425 e. The van der Waals surface area contributed by atoms with Gasteiger partial charge in [-0.3, -0.25) is 0 Å². The number of hydrogen-bond acceptors (Lipinski definition) is 4. The number of nitrogens with zero attached hydrogens (tertiary/aromatic N) is 2. The van der Waals surface area contributed by atoms with Crippen molar-refractivity contribution in [2.45, 2.75) is 53.5 Å². The van der Waals surface area contributed by atoms with E-state index >= 15 is 0 Å². The lowest BCUT2D eigenvalue weighted by molar-refractivity contribution is 0.344. The third-order valence-electron chi connectivity index (χ3n) is 2.08. The molecule has 4 heteroatoms. The summed E-state index contributed by atoms with van der Waals surface area (Å²) in [5.41, 5.74) is 0.194. The zero-order chi connectivity index (χ0) is 12.2. The van der Waals surface area contributed by atoms with Gasteiger partial charge in [-0.1, -0.05) is 34.6 Å². The smallest absolute Gasteiger partial charge is 0.217 e. The molecule has 0 radical (unpaired) electrons. The molecular formula is C12H23N3O. The summed E-state index contributed by atoms with van der Waals surface area (Å²) in [4.78, 5) is 0. The van der Waals surface area contributed by atoms with E-state index in [1.807, 2.05) is 0 Å². The lowest BCUT2D eigenvalue weighted by Crippen LogP contribution is -2.25. The van der Waals surface area contributed by atoms with Crippen molar-refractivity contribution >= 4 is 0 Å². The third kappa shape index (κ3) is 5.26. The Labute approximate surface area is 97.8 Å². The standard InChI is InChI=1S/C12H23N3O/c1-9(2)13-7-6-10-14-15-11(16-10)8-12(3,4)5/h9,13H,6-8H2,1-5H3. The molecule has 16 heavy (non-hydrogen) atoms. The second-order valence-electron chi connectivity index (χ2n) is 5.69. The third-order valence-corrected chi connectivity index (χ3v) is 2.08. The van der Waals surface area contributed by atoms with Crippen LogP contribution in [0, 0.1) is 5.41 Å². The van der Waals surface area contributed by atoms with Crippen LogP contribution in [-0.4, -0.2) is 22.8 Å². The maximum Gasteiger partial charge on any atom is 0.217 e. The van der Waals surface area contributed by atoms with E-state index in [1.165, 1.54) is 0 Å². The van der Waals surface area contributed by atoms with E-state index in [0.29, 0.717) is 6.04 Å². The Kier molecular flexibility index (Phi) is 4.47. The molecule has 0 aliphatic rings. The summed E-state index contributed by atoms with van der Waals surface area (Å²) >= 11 is 0. The van der Waals surface area contributed by atoms with Crippen molar-refractivity contribution in [3.05, 3.63) is 11.8 Å². The first-order chi connectivity index (χ1) is 7.37. The monoisotopic (exact) mass is 225 g/mol. The predicted octanol–water partition coefficient (Wildman–Crippen LogP) is 2.20. The van der Waals surface area contributed by atoms with Crippen LogP contribution >= 0.6 is 0 Å². The van der Waals surface area contributed by atoms with E-state index in [9.17, 15) is 0 Å². The van der Waals surface area contributed by atoms with Crippen molar-refractivity contribution in [2.75, 3.05) is 6.54 Å². The molecular weight excluding hydrogens is 202 g/mol. The minimum atomic E-state index is 0.194. The molecule has 1 N–H and O–H groups in total. The second kappa shape index (κ2) is 5.43. The van der Waals surface area contributed by atoms with Gasteiger partial charge in [-0.2, -0.15) is 0 Å². The Morgan fingerprint density at radius 2 is 1.81 bits per heavy atom. The molecule has 1 aromatic heterocycles. The van der Waals surface area contributed by atoms with Gasteiger partial charge in [-0.25, -0.2) is 0 Å². The zero-order valence-corrected chi connectivity index (χ0v) is 11.0. The van der Waals surface area contributed by atoms with Gasteiger partial charge in [0, 0.05) is 25.4 Å². The molecule has 4 nitrogen and oxygen atoms in total. The fourth-order valence-electron chi connectivity index (χ4n) is 1.38. The van der Waals surface area contributed by atoms with Crippen molar-refractivity contribution in [3.63, 3.8) is 0 Å². The molecule has 0 aliphatic heterocycles. The normalized spacial score (nSPS) is 12.4. The molecule has 0 amide bonds. The number of hydrogen-bond donors (Lipinski definition) is 1.